The summed E-state index contributed by atoms with van der Waals surface area (Å²) in [5.41, 5.74) is 0.788. The van der Waals surface area contributed by atoms with E-state index in [1.807, 2.05) is 6.92 Å². The second kappa shape index (κ2) is 3.49. The van der Waals surface area contributed by atoms with E-state index in [9.17, 15) is 9.59 Å². The minimum Gasteiger partial charge on any atom is -0.445 e. The largest absolute Gasteiger partial charge is 0.445 e. The first-order chi connectivity index (χ1) is 7.06. The molecule has 1 aliphatic heterocycles. The maximum Gasteiger partial charge on any atom is 0.314 e. The number of carbonyl (C=O) groups is 2. The molecule has 0 amide bonds. The van der Waals surface area contributed by atoms with Gasteiger partial charge in [0.2, 0.25) is 0 Å². The van der Waals surface area contributed by atoms with Crippen LogP contribution in [-0.2, 0) is 14.3 Å². The van der Waals surface area contributed by atoms with E-state index in [0.717, 1.165) is 11.5 Å². The molecule has 1 aromatic heterocycles. The minimum atomic E-state index is -0.509. The van der Waals surface area contributed by atoms with Crippen molar-refractivity contribution in [2.75, 3.05) is 0 Å². The Morgan fingerprint density at radius 3 is 2.27 bits per heavy atom. The second-order valence-corrected chi connectivity index (χ2v) is 3.64. The molecule has 0 radical (unpaired) electrons. The molecule has 1 aromatic rings. The van der Waals surface area contributed by atoms with Crippen molar-refractivity contribution >= 4 is 11.9 Å². The van der Waals surface area contributed by atoms with Crippen LogP contribution in [0.5, 0.6) is 0 Å². The van der Waals surface area contributed by atoms with Crippen molar-refractivity contribution in [2.24, 2.45) is 0 Å². The van der Waals surface area contributed by atoms with Crippen LogP contribution in [0.4, 0.5) is 0 Å². The molecule has 80 valence electrons. The molecule has 5 heteroatoms. The van der Waals surface area contributed by atoms with Crippen LogP contribution < -0.4 is 0 Å². The third-order valence-electron chi connectivity index (χ3n) is 2.45. The van der Waals surface area contributed by atoms with Gasteiger partial charge in [0.25, 0.3) is 0 Å². The van der Waals surface area contributed by atoms with Crippen molar-refractivity contribution in [2.45, 2.75) is 32.6 Å². The van der Waals surface area contributed by atoms with Crippen molar-refractivity contribution in [1.82, 2.24) is 4.98 Å². The molecule has 1 aliphatic rings. The molecule has 15 heavy (non-hydrogen) atoms. The molecular formula is C10H11NO4. The molecule has 0 spiro atoms. The van der Waals surface area contributed by atoms with Gasteiger partial charge in [-0.2, -0.15) is 0 Å². The maximum atomic E-state index is 11.0. The highest BCUT2D eigenvalue weighted by Gasteiger charge is 2.31. The van der Waals surface area contributed by atoms with E-state index in [2.05, 4.69) is 9.72 Å². The predicted octanol–water partition coefficient (Wildman–Crippen LogP) is 1.24. The van der Waals surface area contributed by atoms with Gasteiger partial charge < -0.3 is 9.15 Å². The lowest BCUT2D eigenvalue weighted by Gasteiger charge is -2.16. The Morgan fingerprint density at radius 1 is 1.20 bits per heavy atom. The van der Waals surface area contributed by atoms with Crippen molar-refractivity contribution in [3.05, 3.63) is 17.3 Å². The van der Waals surface area contributed by atoms with E-state index in [-0.39, 0.29) is 18.8 Å². The molecule has 1 fully saturated rings. The molecule has 5 nitrogen and oxygen atoms in total. The van der Waals surface area contributed by atoms with Gasteiger partial charge in [0.1, 0.15) is 5.76 Å². The maximum absolute atomic E-state index is 11.0. The molecular weight excluding hydrogens is 198 g/mol. The molecule has 0 atom stereocenters. The highest BCUT2D eigenvalue weighted by Crippen LogP contribution is 2.28. The van der Waals surface area contributed by atoms with Crippen molar-refractivity contribution in [3.8, 4) is 0 Å². The average Bonchev–Trinajstić information content (AvgIpc) is 2.45. The van der Waals surface area contributed by atoms with E-state index < -0.39 is 11.9 Å². The third-order valence-corrected chi connectivity index (χ3v) is 2.45. The molecule has 1 saturated heterocycles. The zero-order valence-electron chi connectivity index (χ0n) is 8.57. The number of rotatable bonds is 1. The van der Waals surface area contributed by atoms with E-state index in [1.54, 1.807) is 6.92 Å². The zero-order chi connectivity index (χ0) is 11.0. The SMILES string of the molecule is Cc1nc(C2CC(=O)OC(=O)C2)oc1C. The quantitative estimate of drug-likeness (QED) is 0.514. The van der Waals surface area contributed by atoms with E-state index in [1.165, 1.54) is 0 Å². The summed E-state index contributed by atoms with van der Waals surface area (Å²) in [6, 6.07) is 0. The number of cyclic esters (lactones) is 2. The lowest BCUT2D eigenvalue weighted by atomic mass is 9.99. The summed E-state index contributed by atoms with van der Waals surface area (Å²) in [5, 5.41) is 0. The Kier molecular flexibility index (Phi) is 2.30. The van der Waals surface area contributed by atoms with Crippen LogP contribution in [0.1, 0.15) is 36.1 Å². The molecule has 2 heterocycles. The van der Waals surface area contributed by atoms with Crippen LogP contribution in [-0.4, -0.2) is 16.9 Å². The van der Waals surface area contributed by atoms with Gasteiger partial charge in [0, 0.05) is 0 Å². The summed E-state index contributed by atoms with van der Waals surface area (Å²) in [6.07, 6.45) is 0.316. The smallest absolute Gasteiger partial charge is 0.314 e. The summed E-state index contributed by atoms with van der Waals surface area (Å²) >= 11 is 0. The van der Waals surface area contributed by atoms with Crippen LogP contribution in [0.3, 0.4) is 0 Å². The molecule has 0 bridgehead atoms. The molecule has 0 aliphatic carbocycles. The zero-order valence-corrected chi connectivity index (χ0v) is 8.57. The number of esters is 2. The van der Waals surface area contributed by atoms with Crippen LogP contribution in [0.25, 0.3) is 0 Å². The van der Waals surface area contributed by atoms with Gasteiger partial charge in [-0.1, -0.05) is 0 Å². The highest BCUT2D eigenvalue weighted by atomic mass is 16.6. The lowest BCUT2D eigenvalue weighted by Crippen LogP contribution is -2.24. The van der Waals surface area contributed by atoms with Gasteiger partial charge in [-0.25, -0.2) is 4.98 Å². The summed E-state index contributed by atoms with van der Waals surface area (Å²) in [6.45, 7) is 3.63. The number of nitrogens with zero attached hydrogens (tertiary/aromatic N) is 1. The Balaban J connectivity index is 2.23. The molecule has 0 unspecified atom stereocenters. The number of oxazole rings is 1. The fraction of sp³-hybridized carbons (Fsp3) is 0.500. The standard InChI is InChI=1S/C10H11NO4/c1-5-6(2)14-10(11-5)7-3-8(12)15-9(13)4-7/h7H,3-4H2,1-2H3. The third kappa shape index (κ3) is 1.91. The number of hydrogen-bond acceptors (Lipinski definition) is 5. The first-order valence-corrected chi connectivity index (χ1v) is 4.73. The number of carbonyl (C=O) groups excluding carboxylic acids is 2. The van der Waals surface area contributed by atoms with Crippen molar-refractivity contribution < 1.29 is 18.7 Å². The molecule has 0 N–H and O–H groups in total. The normalized spacial score (nSPS) is 18.0. The van der Waals surface area contributed by atoms with Crippen LogP contribution in [0.2, 0.25) is 0 Å². The van der Waals surface area contributed by atoms with Crippen LogP contribution in [0, 0.1) is 13.8 Å². The fourth-order valence-corrected chi connectivity index (χ4v) is 1.53. The Hall–Kier alpha value is -1.65. The predicted molar refractivity (Wildman–Crippen MR) is 49.1 cm³/mol. The van der Waals surface area contributed by atoms with Gasteiger partial charge in [0.05, 0.1) is 24.5 Å². The number of hydrogen-bond donors (Lipinski definition) is 0. The fourth-order valence-electron chi connectivity index (χ4n) is 1.53. The van der Waals surface area contributed by atoms with Gasteiger partial charge in [-0.15, -0.1) is 0 Å². The van der Waals surface area contributed by atoms with Crippen LogP contribution >= 0.6 is 0 Å². The summed E-state index contributed by atoms with van der Waals surface area (Å²) in [7, 11) is 0. The minimum absolute atomic E-state index is 0.158. The summed E-state index contributed by atoms with van der Waals surface area (Å²) in [4.78, 5) is 26.2. The van der Waals surface area contributed by atoms with E-state index >= 15 is 0 Å². The van der Waals surface area contributed by atoms with E-state index in [0.29, 0.717) is 5.89 Å². The van der Waals surface area contributed by atoms with Crippen LogP contribution in [0.15, 0.2) is 4.42 Å². The number of ether oxygens (including phenoxy) is 1. The van der Waals surface area contributed by atoms with Gasteiger partial charge >= 0.3 is 11.9 Å². The molecule has 2 rings (SSSR count). The average molecular weight is 209 g/mol. The first-order valence-electron chi connectivity index (χ1n) is 4.73. The Bertz CT molecular complexity index is 386. The van der Waals surface area contributed by atoms with Crippen molar-refractivity contribution in [3.63, 3.8) is 0 Å². The lowest BCUT2D eigenvalue weighted by molar-refractivity contribution is -0.164. The van der Waals surface area contributed by atoms with Crippen molar-refractivity contribution in [1.29, 1.82) is 0 Å². The monoisotopic (exact) mass is 209 g/mol. The topological polar surface area (TPSA) is 69.4 Å². The first kappa shape index (κ1) is 9.89. The summed E-state index contributed by atoms with van der Waals surface area (Å²) in [5.74, 6) is -0.118. The van der Waals surface area contributed by atoms with E-state index in [4.69, 9.17) is 4.42 Å². The van der Waals surface area contributed by atoms with Gasteiger partial charge in [-0.05, 0) is 13.8 Å². The molecule has 0 aromatic carbocycles. The Morgan fingerprint density at radius 2 is 1.80 bits per heavy atom. The summed E-state index contributed by atoms with van der Waals surface area (Å²) < 4.78 is 9.81. The number of aromatic nitrogens is 1. The molecule has 0 saturated carbocycles. The second-order valence-electron chi connectivity index (χ2n) is 3.64. The number of aryl methyl sites for hydroxylation is 2. The van der Waals surface area contributed by atoms with Gasteiger partial charge in [-0.3, -0.25) is 9.59 Å². The highest BCUT2D eigenvalue weighted by molar-refractivity contribution is 5.89. The Labute approximate surface area is 86.4 Å². The van der Waals surface area contributed by atoms with Gasteiger partial charge in [0.15, 0.2) is 5.89 Å².